The van der Waals surface area contributed by atoms with Crippen molar-refractivity contribution >= 4 is 0 Å². The lowest BCUT2D eigenvalue weighted by Crippen LogP contribution is -2.37. The fourth-order valence-corrected chi connectivity index (χ4v) is 3.46. The minimum atomic E-state index is -0.00811. The number of rotatable bonds is 4. The minimum Gasteiger partial charge on any atom is -0.393 e. The van der Waals surface area contributed by atoms with Gasteiger partial charge >= 0.3 is 0 Å². The molecule has 0 unspecified atom stereocenters. The highest BCUT2D eigenvalue weighted by Crippen LogP contribution is 2.28. The summed E-state index contributed by atoms with van der Waals surface area (Å²) in [6.07, 6.45) is 11.5. The molecule has 0 aliphatic heterocycles. The van der Waals surface area contributed by atoms with E-state index in [1.807, 2.05) is 0 Å². The smallest absolute Gasteiger partial charge is 0.0540 e. The minimum absolute atomic E-state index is 0.00811. The largest absolute Gasteiger partial charge is 0.393 e. The summed E-state index contributed by atoms with van der Waals surface area (Å²) in [5, 5.41) is 13.2. The van der Waals surface area contributed by atoms with Crippen molar-refractivity contribution in [2.75, 3.05) is 6.54 Å². The van der Waals surface area contributed by atoms with Crippen LogP contribution in [0.2, 0.25) is 0 Å². The molecule has 0 saturated heterocycles. The first-order valence-electron chi connectivity index (χ1n) is 7.69. The molecule has 2 aliphatic carbocycles. The highest BCUT2D eigenvalue weighted by molar-refractivity contribution is 4.79. The summed E-state index contributed by atoms with van der Waals surface area (Å²) in [6.45, 7) is 3.51. The summed E-state index contributed by atoms with van der Waals surface area (Å²) in [4.78, 5) is 0. The van der Waals surface area contributed by atoms with Crippen molar-refractivity contribution in [1.82, 2.24) is 5.32 Å². The Morgan fingerprint density at radius 1 is 0.882 bits per heavy atom. The summed E-state index contributed by atoms with van der Waals surface area (Å²) in [5.41, 5.74) is 0. The SMILES string of the molecule is CCC1CCC(NCC2CCC(O)CC2)CC1. The third kappa shape index (κ3) is 4.26. The molecule has 17 heavy (non-hydrogen) atoms. The van der Waals surface area contributed by atoms with E-state index in [2.05, 4.69) is 12.2 Å². The molecule has 2 heteroatoms. The van der Waals surface area contributed by atoms with Crippen molar-refractivity contribution in [3.8, 4) is 0 Å². The first-order valence-corrected chi connectivity index (χ1v) is 7.69. The maximum atomic E-state index is 9.48. The molecule has 0 aromatic heterocycles. The van der Waals surface area contributed by atoms with Crippen molar-refractivity contribution in [2.45, 2.75) is 76.9 Å². The zero-order valence-corrected chi connectivity index (χ0v) is 11.3. The number of hydrogen-bond acceptors (Lipinski definition) is 2. The van der Waals surface area contributed by atoms with Crippen LogP contribution < -0.4 is 5.32 Å². The van der Waals surface area contributed by atoms with Gasteiger partial charge in [0.05, 0.1) is 6.10 Å². The molecule has 0 aromatic rings. The normalized spacial score (nSPS) is 39.2. The molecule has 2 rings (SSSR count). The molecule has 0 bridgehead atoms. The molecule has 0 spiro atoms. The van der Waals surface area contributed by atoms with E-state index in [9.17, 15) is 5.11 Å². The molecule has 2 fully saturated rings. The van der Waals surface area contributed by atoms with E-state index in [1.54, 1.807) is 0 Å². The quantitative estimate of drug-likeness (QED) is 0.790. The van der Waals surface area contributed by atoms with Crippen LogP contribution in [0.4, 0.5) is 0 Å². The average Bonchev–Trinajstić information content (AvgIpc) is 2.39. The molecule has 2 aliphatic rings. The maximum absolute atomic E-state index is 9.48. The van der Waals surface area contributed by atoms with Crippen LogP contribution in [0.5, 0.6) is 0 Å². The van der Waals surface area contributed by atoms with Gasteiger partial charge in [0.25, 0.3) is 0 Å². The summed E-state index contributed by atoms with van der Waals surface area (Å²) in [5.74, 6) is 1.82. The van der Waals surface area contributed by atoms with Crippen LogP contribution in [0.3, 0.4) is 0 Å². The zero-order chi connectivity index (χ0) is 12.1. The van der Waals surface area contributed by atoms with Crippen LogP contribution in [0, 0.1) is 11.8 Å². The molecule has 0 atom stereocenters. The Hall–Kier alpha value is -0.0800. The second-order valence-corrected chi connectivity index (χ2v) is 6.21. The van der Waals surface area contributed by atoms with Crippen LogP contribution in [-0.2, 0) is 0 Å². The van der Waals surface area contributed by atoms with Crippen LogP contribution in [0.1, 0.15) is 64.7 Å². The summed E-state index contributed by atoms with van der Waals surface area (Å²) in [6, 6.07) is 0.782. The van der Waals surface area contributed by atoms with Crippen molar-refractivity contribution in [2.24, 2.45) is 11.8 Å². The molecular weight excluding hydrogens is 210 g/mol. The van der Waals surface area contributed by atoms with Gasteiger partial charge in [0.2, 0.25) is 0 Å². The van der Waals surface area contributed by atoms with Crippen LogP contribution in [-0.4, -0.2) is 23.8 Å². The van der Waals surface area contributed by atoms with Crippen molar-refractivity contribution in [1.29, 1.82) is 0 Å². The van der Waals surface area contributed by atoms with Gasteiger partial charge in [0.1, 0.15) is 0 Å². The third-order valence-corrected chi connectivity index (χ3v) is 4.94. The lowest BCUT2D eigenvalue weighted by Gasteiger charge is -2.31. The Morgan fingerprint density at radius 3 is 2.06 bits per heavy atom. The fourth-order valence-electron chi connectivity index (χ4n) is 3.46. The van der Waals surface area contributed by atoms with Gasteiger partial charge < -0.3 is 10.4 Å². The lowest BCUT2D eigenvalue weighted by molar-refractivity contribution is 0.106. The Kier molecular flexibility index (Phi) is 5.30. The van der Waals surface area contributed by atoms with Crippen LogP contribution in [0.25, 0.3) is 0 Å². The van der Waals surface area contributed by atoms with E-state index >= 15 is 0 Å². The summed E-state index contributed by atoms with van der Waals surface area (Å²) >= 11 is 0. The molecule has 2 nitrogen and oxygen atoms in total. The van der Waals surface area contributed by atoms with E-state index < -0.39 is 0 Å². The van der Waals surface area contributed by atoms with E-state index in [4.69, 9.17) is 0 Å². The Morgan fingerprint density at radius 2 is 1.47 bits per heavy atom. The highest BCUT2D eigenvalue weighted by Gasteiger charge is 2.22. The molecule has 2 N–H and O–H groups in total. The van der Waals surface area contributed by atoms with Gasteiger partial charge in [0, 0.05) is 6.04 Å². The molecule has 0 aromatic carbocycles. The predicted molar refractivity (Wildman–Crippen MR) is 72.0 cm³/mol. The molecule has 2 saturated carbocycles. The first kappa shape index (κ1) is 13.4. The van der Waals surface area contributed by atoms with Gasteiger partial charge in [-0.15, -0.1) is 0 Å². The standard InChI is InChI=1S/C15H29NO/c1-2-12-3-7-14(8-4-12)16-11-13-5-9-15(17)10-6-13/h12-17H,2-11H2,1H3. The van der Waals surface area contributed by atoms with Gasteiger partial charge in [0.15, 0.2) is 0 Å². The van der Waals surface area contributed by atoms with Crippen LogP contribution >= 0.6 is 0 Å². The van der Waals surface area contributed by atoms with Crippen LogP contribution in [0.15, 0.2) is 0 Å². The predicted octanol–water partition coefficient (Wildman–Crippen LogP) is 3.10. The van der Waals surface area contributed by atoms with Gasteiger partial charge in [-0.05, 0) is 69.7 Å². The van der Waals surface area contributed by atoms with Crippen molar-refractivity contribution in [3.63, 3.8) is 0 Å². The molecule has 0 radical (unpaired) electrons. The zero-order valence-electron chi connectivity index (χ0n) is 11.3. The Bertz CT molecular complexity index is 203. The fraction of sp³-hybridized carbons (Fsp3) is 1.00. The molecular formula is C15H29NO. The third-order valence-electron chi connectivity index (χ3n) is 4.94. The monoisotopic (exact) mass is 239 g/mol. The molecule has 100 valence electrons. The van der Waals surface area contributed by atoms with Crippen molar-refractivity contribution < 1.29 is 5.11 Å². The van der Waals surface area contributed by atoms with Gasteiger partial charge in [-0.3, -0.25) is 0 Å². The van der Waals surface area contributed by atoms with Gasteiger partial charge in [-0.1, -0.05) is 13.3 Å². The second-order valence-electron chi connectivity index (χ2n) is 6.21. The average molecular weight is 239 g/mol. The number of hydrogen-bond donors (Lipinski definition) is 2. The summed E-state index contributed by atoms with van der Waals surface area (Å²) < 4.78 is 0. The van der Waals surface area contributed by atoms with E-state index in [0.29, 0.717) is 0 Å². The van der Waals surface area contributed by atoms with E-state index in [1.165, 1.54) is 51.5 Å². The maximum Gasteiger partial charge on any atom is 0.0540 e. The van der Waals surface area contributed by atoms with Gasteiger partial charge in [-0.25, -0.2) is 0 Å². The number of aliphatic hydroxyl groups excluding tert-OH is 1. The second kappa shape index (κ2) is 6.75. The van der Waals surface area contributed by atoms with Crippen molar-refractivity contribution in [3.05, 3.63) is 0 Å². The Balaban J connectivity index is 1.59. The molecule has 0 amide bonds. The number of nitrogens with one attached hydrogen (secondary N) is 1. The Labute approximate surface area is 106 Å². The molecule has 0 heterocycles. The highest BCUT2D eigenvalue weighted by atomic mass is 16.3. The van der Waals surface area contributed by atoms with E-state index in [0.717, 1.165) is 30.7 Å². The first-order chi connectivity index (χ1) is 8.28. The van der Waals surface area contributed by atoms with E-state index in [-0.39, 0.29) is 6.10 Å². The topological polar surface area (TPSA) is 32.3 Å². The van der Waals surface area contributed by atoms with Gasteiger partial charge in [-0.2, -0.15) is 0 Å². The number of aliphatic hydroxyl groups is 1. The lowest BCUT2D eigenvalue weighted by atomic mass is 9.83. The summed E-state index contributed by atoms with van der Waals surface area (Å²) in [7, 11) is 0.